The lowest BCUT2D eigenvalue weighted by Gasteiger charge is -2.36. The lowest BCUT2D eigenvalue weighted by molar-refractivity contribution is -0.145. The van der Waals surface area contributed by atoms with E-state index in [1.807, 2.05) is 0 Å². The Kier molecular flexibility index (Phi) is 5.08. The van der Waals surface area contributed by atoms with E-state index in [1.165, 1.54) is 16.7 Å². The Morgan fingerprint density at radius 3 is 2.52 bits per heavy atom. The highest BCUT2D eigenvalue weighted by atomic mass is 16.4. The van der Waals surface area contributed by atoms with Crippen LogP contribution >= 0.6 is 0 Å². The molecule has 0 saturated heterocycles. The van der Waals surface area contributed by atoms with E-state index in [1.54, 1.807) is 0 Å². The highest BCUT2D eigenvalue weighted by Crippen LogP contribution is 2.39. The first-order chi connectivity index (χ1) is 9.88. The van der Waals surface area contributed by atoms with E-state index in [0.29, 0.717) is 11.8 Å². The predicted molar refractivity (Wildman–Crippen MR) is 86.4 cm³/mol. The summed E-state index contributed by atoms with van der Waals surface area (Å²) in [5, 5.41) is 9.51. The molecule has 0 bridgehead atoms. The third kappa shape index (κ3) is 3.87. The third-order valence-electron chi connectivity index (χ3n) is 5.35. The number of rotatable bonds is 4. The monoisotopic (exact) mass is 288 g/mol. The van der Waals surface area contributed by atoms with Crippen LogP contribution in [0, 0.1) is 37.5 Å². The molecule has 3 atom stereocenters. The molecule has 3 unspecified atom stereocenters. The zero-order valence-corrected chi connectivity index (χ0v) is 13.7. The molecule has 1 N–H and O–H groups in total. The largest absolute Gasteiger partial charge is 0.481 e. The van der Waals surface area contributed by atoms with Crippen LogP contribution in [0.25, 0.3) is 0 Å². The van der Waals surface area contributed by atoms with E-state index in [9.17, 15) is 9.90 Å². The van der Waals surface area contributed by atoms with Gasteiger partial charge in [-0.1, -0.05) is 32.0 Å². The Morgan fingerprint density at radius 2 is 1.95 bits per heavy atom. The van der Waals surface area contributed by atoms with Gasteiger partial charge in [-0.2, -0.15) is 0 Å². The van der Waals surface area contributed by atoms with Crippen molar-refractivity contribution in [1.29, 1.82) is 0 Å². The summed E-state index contributed by atoms with van der Waals surface area (Å²) in [5.41, 5.74) is 3.89. The normalized spacial score (nSPS) is 26.0. The van der Waals surface area contributed by atoms with E-state index >= 15 is 0 Å². The molecular weight excluding hydrogens is 260 g/mol. The summed E-state index contributed by atoms with van der Waals surface area (Å²) in [4.78, 5) is 11.6. The maximum atomic E-state index is 11.6. The van der Waals surface area contributed by atoms with Crippen LogP contribution in [0.3, 0.4) is 0 Å². The molecule has 0 spiro atoms. The molecular formula is C19H28O2. The Balaban J connectivity index is 2.15. The smallest absolute Gasteiger partial charge is 0.306 e. The number of carboxylic acid groups (broad SMARTS) is 1. The molecule has 0 heterocycles. The molecule has 0 aliphatic heterocycles. The first kappa shape index (κ1) is 16.1. The molecule has 0 amide bonds. The van der Waals surface area contributed by atoms with Gasteiger partial charge in [0, 0.05) is 0 Å². The molecule has 1 aliphatic rings. The van der Waals surface area contributed by atoms with Crippen LogP contribution in [0.5, 0.6) is 0 Å². The fourth-order valence-electron chi connectivity index (χ4n) is 3.69. The van der Waals surface area contributed by atoms with Crippen LogP contribution in [0.15, 0.2) is 18.2 Å². The highest BCUT2D eigenvalue weighted by molar-refractivity contribution is 5.70. The average Bonchev–Trinajstić information content (AvgIpc) is 2.42. The summed E-state index contributed by atoms with van der Waals surface area (Å²) in [5.74, 6) is 0.845. The van der Waals surface area contributed by atoms with E-state index in [4.69, 9.17) is 0 Å². The second-order valence-electron chi connectivity index (χ2n) is 7.14. The fourth-order valence-corrected chi connectivity index (χ4v) is 3.69. The SMILES string of the molecule is Cc1ccc(CC2CC(C(C)C)CCC2C(=O)O)cc1C. The lowest BCUT2D eigenvalue weighted by atomic mass is 9.68. The van der Waals surface area contributed by atoms with Crippen molar-refractivity contribution >= 4 is 5.97 Å². The van der Waals surface area contributed by atoms with Crippen LogP contribution in [-0.2, 0) is 11.2 Å². The van der Waals surface area contributed by atoms with Gasteiger partial charge in [0.05, 0.1) is 5.92 Å². The molecule has 2 heteroatoms. The predicted octanol–water partition coefficient (Wildman–Crippen LogP) is 4.62. The maximum absolute atomic E-state index is 11.6. The third-order valence-corrected chi connectivity index (χ3v) is 5.35. The molecule has 116 valence electrons. The molecule has 0 aromatic heterocycles. The fraction of sp³-hybridized carbons (Fsp3) is 0.632. The number of hydrogen-bond donors (Lipinski definition) is 1. The van der Waals surface area contributed by atoms with Gasteiger partial charge in [-0.3, -0.25) is 4.79 Å². The molecule has 2 nitrogen and oxygen atoms in total. The standard InChI is InChI=1S/C19H28O2/c1-12(2)16-7-8-18(19(20)21)17(11-16)10-15-6-5-13(3)14(4)9-15/h5-6,9,12,16-18H,7-8,10-11H2,1-4H3,(H,20,21). The van der Waals surface area contributed by atoms with Crippen LogP contribution in [0.2, 0.25) is 0 Å². The molecule has 1 aromatic carbocycles. The van der Waals surface area contributed by atoms with E-state index < -0.39 is 5.97 Å². The van der Waals surface area contributed by atoms with Crippen molar-refractivity contribution in [3.8, 4) is 0 Å². The Hall–Kier alpha value is -1.31. The van der Waals surface area contributed by atoms with Crippen molar-refractivity contribution in [2.75, 3.05) is 0 Å². The van der Waals surface area contributed by atoms with Crippen LogP contribution in [0.1, 0.15) is 49.8 Å². The first-order valence-corrected chi connectivity index (χ1v) is 8.17. The summed E-state index contributed by atoms with van der Waals surface area (Å²) < 4.78 is 0. The summed E-state index contributed by atoms with van der Waals surface area (Å²) >= 11 is 0. The number of hydrogen-bond acceptors (Lipinski definition) is 1. The molecule has 1 fully saturated rings. The van der Waals surface area contributed by atoms with Gasteiger partial charge >= 0.3 is 5.97 Å². The molecule has 21 heavy (non-hydrogen) atoms. The second-order valence-corrected chi connectivity index (χ2v) is 7.14. The van der Waals surface area contributed by atoms with Gasteiger partial charge in [0.25, 0.3) is 0 Å². The molecule has 1 aliphatic carbocycles. The minimum atomic E-state index is -0.606. The minimum absolute atomic E-state index is 0.165. The Labute approximate surface area is 128 Å². The minimum Gasteiger partial charge on any atom is -0.481 e. The lowest BCUT2D eigenvalue weighted by Crippen LogP contribution is -2.33. The van der Waals surface area contributed by atoms with Gasteiger partial charge in [0.1, 0.15) is 0 Å². The van der Waals surface area contributed by atoms with Crippen molar-refractivity contribution in [2.24, 2.45) is 23.7 Å². The van der Waals surface area contributed by atoms with E-state index in [2.05, 4.69) is 45.9 Å². The zero-order valence-electron chi connectivity index (χ0n) is 13.7. The van der Waals surface area contributed by atoms with Crippen molar-refractivity contribution in [2.45, 2.75) is 53.4 Å². The Morgan fingerprint density at radius 1 is 1.24 bits per heavy atom. The van der Waals surface area contributed by atoms with Gasteiger partial charge in [-0.25, -0.2) is 0 Å². The van der Waals surface area contributed by atoms with Gasteiger partial charge in [-0.05, 0) is 74.0 Å². The van der Waals surface area contributed by atoms with Crippen molar-refractivity contribution < 1.29 is 9.90 Å². The van der Waals surface area contributed by atoms with Crippen LogP contribution < -0.4 is 0 Å². The first-order valence-electron chi connectivity index (χ1n) is 8.17. The van der Waals surface area contributed by atoms with E-state index in [0.717, 1.165) is 25.7 Å². The maximum Gasteiger partial charge on any atom is 0.306 e. The topological polar surface area (TPSA) is 37.3 Å². The summed E-state index contributed by atoms with van der Waals surface area (Å²) in [7, 11) is 0. The molecule has 1 aromatic rings. The molecule has 1 saturated carbocycles. The second kappa shape index (κ2) is 6.64. The molecule has 0 radical (unpaired) electrons. The van der Waals surface area contributed by atoms with Gasteiger partial charge in [0.15, 0.2) is 0 Å². The van der Waals surface area contributed by atoms with Crippen LogP contribution in [0.4, 0.5) is 0 Å². The van der Waals surface area contributed by atoms with Crippen molar-refractivity contribution in [3.63, 3.8) is 0 Å². The number of carboxylic acids is 1. The highest BCUT2D eigenvalue weighted by Gasteiger charge is 2.35. The Bertz CT molecular complexity index is 504. The van der Waals surface area contributed by atoms with Crippen molar-refractivity contribution in [1.82, 2.24) is 0 Å². The number of aliphatic carboxylic acids is 1. The van der Waals surface area contributed by atoms with Gasteiger partial charge in [-0.15, -0.1) is 0 Å². The molecule has 2 rings (SSSR count). The summed E-state index contributed by atoms with van der Waals surface area (Å²) in [6.07, 6.45) is 3.87. The quantitative estimate of drug-likeness (QED) is 0.877. The summed E-state index contributed by atoms with van der Waals surface area (Å²) in [6, 6.07) is 6.55. The number of benzene rings is 1. The summed E-state index contributed by atoms with van der Waals surface area (Å²) in [6.45, 7) is 8.78. The van der Waals surface area contributed by atoms with Gasteiger partial charge in [0.2, 0.25) is 0 Å². The number of carbonyl (C=O) groups is 1. The number of aryl methyl sites for hydroxylation is 2. The van der Waals surface area contributed by atoms with Crippen molar-refractivity contribution in [3.05, 3.63) is 34.9 Å². The van der Waals surface area contributed by atoms with Crippen LogP contribution in [-0.4, -0.2) is 11.1 Å². The average molecular weight is 288 g/mol. The van der Waals surface area contributed by atoms with E-state index in [-0.39, 0.29) is 11.8 Å². The zero-order chi connectivity index (χ0) is 15.6. The van der Waals surface area contributed by atoms with Gasteiger partial charge < -0.3 is 5.11 Å².